The third kappa shape index (κ3) is 10.3. The van der Waals surface area contributed by atoms with E-state index in [1.165, 1.54) is 24.3 Å². The Bertz CT molecular complexity index is 2340. The van der Waals surface area contributed by atoms with Gasteiger partial charge in [0, 0.05) is 0 Å². The van der Waals surface area contributed by atoms with E-state index in [1.807, 2.05) is 0 Å². The van der Waals surface area contributed by atoms with Crippen LogP contribution in [0.25, 0.3) is 0 Å². The summed E-state index contributed by atoms with van der Waals surface area (Å²) < 4.78 is 68.6. The molecule has 16 nitrogen and oxygen atoms in total. The predicted octanol–water partition coefficient (Wildman–Crippen LogP) is 6.47. The van der Waals surface area contributed by atoms with Crippen molar-refractivity contribution in [2.75, 3.05) is 10.0 Å². The van der Waals surface area contributed by atoms with Gasteiger partial charge in [0.15, 0.2) is 12.1 Å². The van der Waals surface area contributed by atoms with Crippen molar-refractivity contribution in [2.45, 2.75) is 49.6 Å². The first-order valence-corrected chi connectivity index (χ1v) is 19.2. The van der Waals surface area contributed by atoms with Crippen molar-refractivity contribution in [2.24, 2.45) is 30.7 Å². The summed E-state index contributed by atoms with van der Waals surface area (Å²) >= 11 is 12.2. The molecule has 2 atom stereocenters. The van der Waals surface area contributed by atoms with Gasteiger partial charge in [0.1, 0.15) is 31.6 Å². The van der Waals surface area contributed by atoms with Gasteiger partial charge in [-0.05, 0) is 87.4 Å². The molecule has 21 heteroatoms. The number of hydrazone groups is 2. The Morgan fingerprint density at radius 1 is 0.600 bits per heavy atom. The fourth-order valence-electron chi connectivity index (χ4n) is 5.02. The molecule has 0 N–H and O–H groups in total. The molecule has 0 fully saturated rings. The quantitative estimate of drug-likeness (QED) is 0.108. The van der Waals surface area contributed by atoms with Gasteiger partial charge in [-0.1, -0.05) is 59.6 Å². The van der Waals surface area contributed by atoms with E-state index in [0.717, 1.165) is 10.0 Å². The van der Waals surface area contributed by atoms with Gasteiger partial charge in [-0.2, -0.15) is 40.7 Å². The van der Waals surface area contributed by atoms with Crippen LogP contribution in [0.1, 0.15) is 25.0 Å². The molecule has 4 aromatic carbocycles. The zero-order chi connectivity index (χ0) is 39.5. The Morgan fingerprint density at radius 3 is 1.27 bits per heavy atom. The van der Waals surface area contributed by atoms with E-state index in [1.54, 1.807) is 88.4 Å². The maximum absolute atomic E-state index is 12.6. The van der Waals surface area contributed by atoms with Crippen LogP contribution in [-0.2, 0) is 29.8 Å². The van der Waals surface area contributed by atoms with Crippen molar-refractivity contribution in [1.29, 1.82) is 0 Å². The van der Waals surface area contributed by atoms with Crippen molar-refractivity contribution < 1.29 is 35.5 Å². The van der Waals surface area contributed by atoms with Crippen molar-refractivity contribution in [1.82, 2.24) is 0 Å². The number of carbonyl (C=O) groups excluding carboxylic acids is 2. The van der Waals surface area contributed by atoms with Gasteiger partial charge < -0.3 is 9.11 Å². The Morgan fingerprint density at radius 2 is 0.945 bits per heavy atom. The first-order chi connectivity index (χ1) is 25.4. The van der Waals surface area contributed by atoms with E-state index in [2.05, 4.69) is 30.7 Å². The van der Waals surface area contributed by atoms with Crippen molar-refractivity contribution in [3.63, 3.8) is 0 Å². The summed E-state index contributed by atoms with van der Waals surface area (Å²) in [5.41, 5.74) is 2.44. The molecule has 0 aromatic heterocycles. The molecule has 55 heavy (non-hydrogen) atoms. The van der Waals surface area contributed by atoms with Crippen molar-refractivity contribution >= 4 is 127 Å². The Hall–Kier alpha value is -3.98. The van der Waals surface area contributed by atoms with Gasteiger partial charge in [-0.3, -0.25) is 9.59 Å². The van der Waals surface area contributed by atoms with E-state index in [4.69, 9.17) is 23.2 Å². The monoisotopic (exact) mass is 850 g/mol. The van der Waals surface area contributed by atoms with Crippen LogP contribution in [0.5, 0.6) is 0 Å². The zero-order valence-corrected chi connectivity index (χ0v) is 34.7. The van der Waals surface area contributed by atoms with E-state index >= 15 is 0 Å². The fourth-order valence-corrected chi connectivity index (χ4v) is 6.84. The average Bonchev–Trinajstić information content (AvgIpc) is 3.55. The molecular weight excluding hydrogens is 824 g/mol. The minimum Gasteiger partial charge on any atom is -0.744 e. The van der Waals surface area contributed by atoms with Crippen LogP contribution in [0.15, 0.2) is 125 Å². The van der Waals surface area contributed by atoms with Gasteiger partial charge in [-0.25, -0.2) is 16.8 Å². The van der Waals surface area contributed by atoms with E-state index < -0.39 is 53.9 Å². The van der Waals surface area contributed by atoms with Gasteiger partial charge in [0.25, 0.3) is 11.8 Å². The third-order valence-electron chi connectivity index (χ3n) is 7.68. The SMILES string of the molecule is CC1=NN(c2ccccc2Cl)C(=O)C1N=Nc1ccc(C)cc1S(=O)(=O)[O-].CC1=NN(c2ccccc2Cl)C(=O)C1N=Nc1ccc(C)cc1S(=O)(=O)[O-].[Ca+2]. The van der Waals surface area contributed by atoms with Crippen LogP contribution in [0.4, 0.5) is 22.7 Å². The fraction of sp³-hybridized carbons (Fsp3) is 0.176. The van der Waals surface area contributed by atoms with Crippen LogP contribution in [0.3, 0.4) is 0 Å². The Balaban J connectivity index is 0.000000240. The van der Waals surface area contributed by atoms with Crippen LogP contribution in [-0.4, -0.2) is 99.0 Å². The molecule has 0 saturated carbocycles. The minimum atomic E-state index is -4.73. The molecule has 2 aliphatic heterocycles. The van der Waals surface area contributed by atoms with Crippen LogP contribution < -0.4 is 10.0 Å². The summed E-state index contributed by atoms with van der Waals surface area (Å²) in [5, 5.41) is 26.8. The summed E-state index contributed by atoms with van der Waals surface area (Å²) in [6, 6.07) is 19.7. The second-order valence-electron chi connectivity index (χ2n) is 11.8. The summed E-state index contributed by atoms with van der Waals surface area (Å²) in [6.45, 7) is 6.49. The van der Waals surface area contributed by atoms with E-state index in [9.17, 15) is 35.5 Å². The van der Waals surface area contributed by atoms with Crippen LogP contribution in [0.2, 0.25) is 10.0 Å². The number of azo groups is 2. The maximum Gasteiger partial charge on any atom is 2.00 e. The maximum atomic E-state index is 12.6. The molecule has 2 amide bonds. The number of nitrogens with zero attached hydrogens (tertiary/aromatic N) is 8. The first kappa shape index (κ1) is 43.7. The van der Waals surface area contributed by atoms with Crippen molar-refractivity contribution in [3.8, 4) is 0 Å². The molecule has 280 valence electrons. The number of amides is 2. The van der Waals surface area contributed by atoms with E-state index in [0.29, 0.717) is 44.0 Å². The van der Waals surface area contributed by atoms with Gasteiger partial charge in [-0.15, -0.1) is 0 Å². The number of hydrogen-bond donors (Lipinski definition) is 0. The number of anilines is 2. The zero-order valence-electron chi connectivity index (χ0n) is 29.4. The molecule has 0 bridgehead atoms. The summed E-state index contributed by atoms with van der Waals surface area (Å²) in [7, 11) is -9.47. The molecule has 4 aromatic rings. The number of aryl methyl sites for hydroxylation is 2. The molecule has 0 spiro atoms. The molecule has 0 radical (unpaired) electrons. The second-order valence-corrected chi connectivity index (χ2v) is 15.3. The average molecular weight is 852 g/mol. The molecule has 6 rings (SSSR count). The van der Waals surface area contributed by atoms with Crippen LogP contribution in [0, 0.1) is 13.8 Å². The smallest absolute Gasteiger partial charge is 0.744 e. The predicted molar refractivity (Wildman–Crippen MR) is 205 cm³/mol. The second kappa shape index (κ2) is 17.9. The summed E-state index contributed by atoms with van der Waals surface area (Å²) in [6.07, 6.45) is 0. The van der Waals surface area contributed by atoms with Crippen molar-refractivity contribution in [3.05, 3.63) is 106 Å². The van der Waals surface area contributed by atoms with E-state index in [-0.39, 0.29) is 49.1 Å². The molecule has 2 heterocycles. The summed E-state index contributed by atoms with van der Waals surface area (Å²) in [4.78, 5) is 24.3. The third-order valence-corrected chi connectivity index (χ3v) is 10.1. The number of carbonyl (C=O) groups is 2. The summed E-state index contributed by atoms with van der Waals surface area (Å²) in [5.74, 6) is -0.967. The number of benzene rings is 4. The number of hydrogen-bond acceptors (Lipinski definition) is 14. The number of para-hydroxylation sites is 2. The number of rotatable bonds is 8. The van der Waals surface area contributed by atoms with Gasteiger partial charge in [0.05, 0.1) is 42.6 Å². The topological polar surface area (TPSA) is 229 Å². The molecular formula is C34H28CaCl2N8O8S2. The molecule has 0 aliphatic carbocycles. The van der Waals surface area contributed by atoms with Gasteiger partial charge in [0.2, 0.25) is 0 Å². The Kier molecular flexibility index (Phi) is 14.2. The first-order valence-electron chi connectivity index (χ1n) is 15.6. The molecule has 0 saturated heterocycles. The normalized spacial score (nSPS) is 17.3. The van der Waals surface area contributed by atoms with Gasteiger partial charge >= 0.3 is 37.7 Å². The largest absolute Gasteiger partial charge is 2.00 e. The number of halogens is 2. The molecule has 2 aliphatic rings. The minimum absolute atomic E-state index is 0. The Labute approximate surface area is 356 Å². The van der Waals surface area contributed by atoms with Crippen LogP contribution >= 0.6 is 23.2 Å². The standard InChI is InChI=1S/2C17H15ClN4O4S.Ca/c2*1-10-7-8-13(15(9-10)27(24,25)26)19-20-16-11(2)21-22(17(16)23)14-6-4-3-5-12(14)18;/h2*3-9,16H,1-2H3,(H,24,25,26);/q;;+2/p-2. The molecule has 2 unspecified atom stereocenters.